The molecule has 0 saturated heterocycles. The third kappa shape index (κ3) is 4.76. The van der Waals surface area contributed by atoms with Crippen LogP contribution in [0.15, 0.2) is 10.9 Å². The molecule has 1 aromatic rings. The number of esters is 1. The third-order valence-electron chi connectivity index (χ3n) is 2.18. The molecule has 0 amide bonds. The first-order valence-electron chi connectivity index (χ1n) is 5.49. The number of carbonyl (C=O) groups excluding carboxylic acids is 1. The van der Waals surface area contributed by atoms with Crippen molar-refractivity contribution in [1.29, 1.82) is 0 Å². The van der Waals surface area contributed by atoms with Crippen LogP contribution < -0.4 is 10.2 Å². The predicted octanol–water partition coefficient (Wildman–Crippen LogP) is 2.12. The number of aromatic amines is 1. The quantitative estimate of drug-likeness (QED) is 0.668. The number of H-pyrrole nitrogens is 1. The number of ether oxygens (including phenoxy) is 2. The number of nitrogens with one attached hydrogen (secondary N) is 1. The highest BCUT2D eigenvalue weighted by atomic mass is 35.5. The van der Waals surface area contributed by atoms with Gasteiger partial charge in [0.15, 0.2) is 5.43 Å². The van der Waals surface area contributed by atoms with Gasteiger partial charge in [0, 0.05) is 17.3 Å². The average molecular weight is 314 g/mol. The summed E-state index contributed by atoms with van der Waals surface area (Å²) in [5.74, 6) is -1.74. The molecule has 0 aliphatic carbocycles. The first-order valence-corrected chi connectivity index (χ1v) is 6.02. The Bertz CT molecular complexity index is 541. The topological polar surface area (TPSA) is 68.4 Å². The Hall–Kier alpha value is -1.70. The van der Waals surface area contributed by atoms with Gasteiger partial charge in [-0.2, -0.15) is 0 Å². The Morgan fingerprint density at radius 3 is 2.60 bits per heavy atom. The molecule has 1 heterocycles. The van der Waals surface area contributed by atoms with Gasteiger partial charge in [-0.3, -0.25) is 9.59 Å². The Balaban J connectivity index is 3.08. The van der Waals surface area contributed by atoms with Crippen LogP contribution in [0.5, 0.6) is 5.88 Å². The van der Waals surface area contributed by atoms with Gasteiger partial charge in [-0.25, -0.2) is 0 Å². The Kier molecular flexibility index (Phi) is 5.43. The lowest BCUT2D eigenvalue weighted by Gasteiger charge is -2.12. The number of hydrogen-bond acceptors (Lipinski definition) is 4. The molecular weight excluding hydrogens is 303 g/mol. The molecular formula is C11H11ClF3NO4. The summed E-state index contributed by atoms with van der Waals surface area (Å²) < 4.78 is 44.5. The van der Waals surface area contributed by atoms with Crippen LogP contribution in [0.1, 0.15) is 18.2 Å². The summed E-state index contributed by atoms with van der Waals surface area (Å²) in [6.45, 7) is 1.72. The van der Waals surface area contributed by atoms with Crippen molar-refractivity contribution in [2.75, 3.05) is 6.61 Å². The Morgan fingerprint density at radius 1 is 1.45 bits per heavy atom. The second-order valence-electron chi connectivity index (χ2n) is 3.62. The molecule has 20 heavy (non-hydrogen) atoms. The number of carbonyl (C=O) groups is 1. The minimum atomic E-state index is -4.94. The highest BCUT2D eigenvalue weighted by Crippen LogP contribution is 2.21. The van der Waals surface area contributed by atoms with Gasteiger partial charge in [0.2, 0.25) is 5.88 Å². The van der Waals surface area contributed by atoms with Crippen LogP contribution in [0, 0.1) is 0 Å². The number of rotatable bonds is 5. The van der Waals surface area contributed by atoms with E-state index in [0.29, 0.717) is 6.07 Å². The average Bonchev–Trinajstić information content (AvgIpc) is 2.30. The van der Waals surface area contributed by atoms with Crippen molar-refractivity contribution in [2.24, 2.45) is 0 Å². The van der Waals surface area contributed by atoms with E-state index in [1.807, 2.05) is 0 Å². The molecule has 0 atom stereocenters. The van der Waals surface area contributed by atoms with Gasteiger partial charge in [-0.15, -0.1) is 24.8 Å². The van der Waals surface area contributed by atoms with Gasteiger partial charge < -0.3 is 14.5 Å². The van der Waals surface area contributed by atoms with Crippen molar-refractivity contribution in [1.82, 2.24) is 4.98 Å². The fourth-order valence-corrected chi connectivity index (χ4v) is 1.69. The van der Waals surface area contributed by atoms with Crippen molar-refractivity contribution in [2.45, 2.75) is 25.6 Å². The minimum Gasteiger partial charge on any atom is -0.466 e. The van der Waals surface area contributed by atoms with E-state index in [0.717, 1.165) is 0 Å². The molecule has 0 aromatic carbocycles. The van der Waals surface area contributed by atoms with Crippen LogP contribution in [-0.2, 0) is 21.8 Å². The fourth-order valence-electron chi connectivity index (χ4n) is 1.46. The van der Waals surface area contributed by atoms with E-state index in [1.54, 1.807) is 6.92 Å². The molecule has 0 fully saturated rings. The minimum absolute atomic E-state index is 0.0218. The molecule has 0 radical (unpaired) electrons. The van der Waals surface area contributed by atoms with Crippen molar-refractivity contribution in [3.63, 3.8) is 0 Å². The molecule has 0 aliphatic rings. The first-order chi connectivity index (χ1) is 9.26. The zero-order chi connectivity index (χ0) is 15.3. The summed E-state index contributed by atoms with van der Waals surface area (Å²) in [5.41, 5.74) is -0.855. The van der Waals surface area contributed by atoms with E-state index < -0.39 is 23.6 Å². The highest BCUT2D eigenvalue weighted by molar-refractivity contribution is 6.17. The van der Waals surface area contributed by atoms with Crippen molar-refractivity contribution >= 4 is 17.6 Å². The SMILES string of the molecule is CCOC(=O)Cc1c(CCl)[nH]c(OC(F)(F)F)cc1=O. The van der Waals surface area contributed by atoms with E-state index in [2.05, 4.69) is 14.5 Å². The van der Waals surface area contributed by atoms with Crippen LogP contribution in [0.2, 0.25) is 0 Å². The summed E-state index contributed by atoms with van der Waals surface area (Å²) in [6, 6.07) is 0.609. The Labute approximate surface area is 116 Å². The second kappa shape index (κ2) is 6.65. The van der Waals surface area contributed by atoms with Crippen molar-refractivity contribution in [3.8, 4) is 5.88 Å². The standard InChI is InChI=1S/C11H11ClF3NO4/c1-2-19-10(18)3-6-7(5-12)16-9(4-8(6)17)20-11(13,14)15/h4H,2-3,5H2,1H3,(H,16,17). The molecule has 5 nitrogen and oxygen atoms in total. The van der Waals surface area contributed by atoms with Gasteiger partial charge in [0.05, 0.1) is 18.9 Å². The lowest BCUT2D eigenvalue weighted by Crippen LogP contribution is -2.23. The van der Waals surface area contributed by atoms with Gasteiger partial charge in [0.25, 0.3) is 0 Å². The van der Waals surface area contributed by atoms with Crippen LogP contribution >= 0.6 is 11.6 Å². The molecule has 0 spiro atoms. The van der Waals surface area contributed by atoms with E-state index in [9.17, 15) is 22.8 Å². The summed E-state index contributed by atoms with van der Waals surface area (Å²) in [4.78, 5) is 25.3. The Morgan fingerprint density at radius 2 is 2.10 bits per heavy atom. The molecule has 9 heteroatoms. The molecule has 112 valence electrons. The molecule has 1 aromatic heterocycles. The highest BCUT2D eigenvalue weighted by Gasteiger charge is 2.32. The summed E-state index contributed by atoms with van der Waals surface area (Å²) in [6.07, 6.45) is -5.31. The largest absolute Gasteiger partial charge is 0.574 e. The summed E-state index contributed by atoms with van der Waals surface area (Å²) in [5, 5.41) is 0. The van der Waals surface area contributed by atoms with Crippen LogP contribution in [0.25, 0.3) is 0 Å². The molecule has 0 saturated carbocycles. The molecule has 0 unspecified atom stereocenters. The first kappa shape index (κ1) is 16.4. The van der Waals surface area contributed by atoms with Gasteiger partial charge >= 0.3 is 12.3 Å². The lowest BCUT2D eigenvalue weighted by atomic mass is 10.1. The molecule has 1 rings (SSSR count). The maximum absolute atomic E-state index is 12.1. The van der Waals surface area contributed by atoms with Crippen LogP contribution in [-0.4, -0.2) is 23.9 Å². The third-order valence-corrected chi connectivity index (χ3v) is 2.45. The van der Waals surface area contributed by atoms with Crippen LogP contribution in [0.3, 0.4) is 0 Å². The summed E-state index contributed by atoms with van der Waals surface area (Å²) in [7, 11) is 0. The van der Waals surface area contributed by atoms with Gasteiger partial charge in [-0.1, -0.05) is 0 Å². The van der Waals surface area contributed by atoms with Gasteiger partial charge in [-0.05, 0) is 6.92 Å². The van der Waals surface area contributed by atoms with E-state index in [-0.39, 0.29) is 30.2 Å². The predicted molar refractivity (Wildman–Crippen MR) is 63.6 cm³/mol. The number of halogens is 4. The van der Waals surface area contributed by atoms with E-state index >= 15 is 0 Å². The van der Waals surface area contributed by atoms with Crippen molar-refractivity contribution < 1.29 is 27.4 Å². The maximum atomic E-state index is 12.1. The molecule has 1 N–H and O–H groups in total. The second-order valence-corrected chi connectivity index (χ2v) is 3.89. The molecule has 0 bridgehead atoms. The number of hydrogen-bond donors (Lipinski definition) is 1. The van der Waals surface area contributed by atoms with Crippen LogP contribution in [0.4, 0.5) is 13.2 Å². The monoisotopic (exact) mass is 313 g/mol. The van der Waals surface area contributed by atoms with Gasteiger partial charge in [0.1, 0.15) is 0 Å². The number of pyridine rings is 1. The fraction of sp³-hybridized carbons (Fsp3) is 0.455. The zero-order valence-electron chi connectivity index (χ0n) is 10.3. The number of aromatic nitrogens is 1. The molecule has 0 aliphatic heterocycles. The lowest BCUT2D eigenvalue weighted by molar-refractivity contribution is -0.276. The summed E-state index contributed by atoms with van der Waals surface area (Å²) >= 11 is 5.55. The van der Waals surface area contributed by atoms with E-state index in [1.165, 1.54) is 0 Å². The number of alkyl halides is 4. The van der Waals surface area contributed by atoms with Crippen molar-refractivity contribution in [3.05, 3.63) is 27.5 Å². The maximum Gasteiger partial charge on any atom is 0.574 e. The van der Waals surface area contributed by atoms with E-state index in [4.69, 9.17) is 11.6 Å². The normalized spacial score (nSPS) is 11.2. The smallest absolute Gasteiger partial charge is 0.466 e. The zero-order valence-corrected chi connectivity index (χ0v) is 11.1.